The van der Waals surface area contributed by atoms with Gasteiger partial charge in [-0.2, -0.15) is 0 Å². The zero-order chi connectivity index (χ0) is 13.0. The quantitative estimate of drug-likeness (QED) is 0.667. The fourth-order valence-corrected chi connectivity index (χ4v) is 2.33. The Labute approximate surface area is 116 Å². The van der Waals surface area contributed by atoms with Crippen LogP contribution in [0.4, 0.5) is 11.4 Å². The highest BCUT2D eigenvalue weighted by atomic mass is 127. The summed E-state index contributed by atoms with van der Waals surface area (Å²) in [5.74, 6) is 0.0967. The molecule has 0 saturated heterocycles. The van der Waals surface area contributed by atoms with Crippen molar-refractivity contribution in [2.75, 3.05) is 37.8 Å². The van der Waals surface area contributed by atoms with Crippen LogP contribution >= 0.6 is 22.6 Å². The first-order valence-corrected chi connectivity index (χ1v) is 6.53. The maximum absolute atomic E-state index is 11.7. The summed E-state index contributed by atoms with van der Waals surface area (Å²) >= 11 is 2.24. The second kappa shape index (κ2) is 6.09. The molecule has 0 aliphatic heterocycles. The normalized spacial score (nSPS) is 10.1. The molecule has 0 heterocycles. The lowest BCUT2D eigenvalue weighted by atomic mass is 10.2. The van der Waals surface area contributed by atoms with Gasteiger partial charge < -0.3 is 15.5 Å². The highest BCUT2D eigenvalue weighted by Gasteiger charge is 2.13. The molecule has 5 heteroatoms. The molecule has 0 aliphatic rings. The molecule has 0 aliphatic carbocycles. The summed E-state index contributed by atoms with van der Waals surface area (Å²) in [5, 5.41) is 0. The Kier molecular flexibility index (Phi) is 5.04. The Bertz CT molecular complexity index is 407. The highest BCUT2D eigenvalue weighted by molar-refractivity contribution is 14.1. The molecular formula is C12H18IN3O. The van der Waals surface area contributed by atoms with Gasteiger partial charge in [0.15, 0.2) is 0 Å². The van der Waals surface area contributed by atoms with Crippen LogP contribution < -0.4 is 10.6 Å². The topological polar surface area (TPSA) is 49.6 Å². The van der Waals surface area contributed by atoms with Crippen LogP contribution in [-0.2, 0) is 4.79 Å². The van der Waals surface area contributed by atoms with Gasteiger partial charge in [-0.25, -0.2) is 0 Å². The van der Waals surface area contributed by atoms with Crippen LogP contribution in [-0.4, -0.2) is 38.0 Å². The third-order valence-electron chi connectivity index (χ3n) is 2.52. The van der Waals surface area contributed by atoms with Crippen molar-refractivity contribution in [1.29, 1.82) is 0 Å². The highest BCUT2D eigenvalue weighted by Crippen LogP contribution is 2.24. The van der Waals surface area contributed by atoms with Gasteiger partial charge in [-0.3, -0.25) is 4.79 Å². The van der Waals surface area contributed by atoms with E-state index in [1.807, 2.05) is 30.0 Å². The van der Waals surface area contributed by atoms with Crippen molar-refractivity contribution in [2.24, 2.45) is 0 Å². The number of benzene rings is 1. The second-order valence-electron chi connectivity index (χ2n) is 4.01. The summed E-state index contributed by atoms with van der Waals surface area (Å²) in [6, 6.07) is 5.74. The van der Waals surface area contributed by atoms with Gasteiger partial charge in [-0.05, 0) is 47.7 Å². The Morgan fingerprint density at radius 1 is 1.41 bits per heavy atom. The van der Waals surface area contributed by atoms with Crippen molar-refractivity contribution < 1.29 is 4.79 Å². The van der Waals surface area contributed by atoms with Gasteiger partial charge in [0.2, 0.25) is 5.91 Å². The summed E-state index contributed by atoms with van der Waals surface area (Å²) in [7, 11) is 3.54. The third-order valence-corrected chi connectivity index (χ3v) is 3.38. The van der Waals surface area contributed by atoms with E-state index in [1.165, 1.54) is 0 Å². The molecule has 1 aromatic carbocycles. The van der Waals surface area contributed by atoms with E-state index in [1.54, 1.807) is 19.0 Å². The maximum Gasteiger partial charge on any atom is 0.241 e. The van der Waals surface area contributed by atoms with Gasteiger partial charge in [0.25, 0.3) is 0 Å². The number of likely N-dealkylation sites (N-methyl/N-ethyl adjacent to an activating group) is 2. The lowest BCUT2D eigenvalue weighted by Gasteiger charge is -2.25. The van der Waals surface area contributed by atoms with E-state index >= 15 is 0 Å². The first-order chi connectivity index (χ1) is 7.95. The number of hydrogen-bond acceptors (Lipinski definition) is 3. The lowest BCUT2D eigenvalue weighted by molar-refractivity contribution is -0.127. The number of nitrogens with zero attached hydrogens (tertiary/aromatic N) is 2. The Balaban J connectivity index is 2.90. The molecule has 0 saturated carbocycles. The number of rotatable bonds is 4. The molecule has 0 bridgehead atoms. The number of nitrogens with two attached hydrogens (primary N) is 1. The number of carbonyl (C=O) groups is 1. The molecule has 0 unspecified atom stereocenters. The molecule has 0 fully saturated rings. The standard InChI is InChI=1S/C12H18IN3O/c1-4-16(8-12(17)15(2)3)11-6-5-9(14)7-10(11)13/h5-7H,4,8,14H2,1-3H3. The number of carbonyl (C=O) groups excluding carboxylic acids is 1. The van der Waals surface area contributed by atoms with Crippen LogP contribution in [0.25, 0.3) is 0 Å². The van der Waals surface area contributed by atoms with E-state index < -0.39 is 0 Å². The fraction of sp³-hybridized carbons (Fsp3) is 0.417. The zero-order valence-electron chi connectivity index (χ0n) is 10.4. The van der Waals surface area contributed by atoms with Crippen LogP contribution in [0.1, 0.15) is 6.92 Å². The van der Waals surface area contributed by atoms with Gasteiger partial charge >= 0.3 is 0 Å². The van der Waals surface area contributed by atoms with Crippen molar-refractivity contribution in [2.45, 2.75) is 6.92 Å². The van der Waals surface area contributed by atoms with Gasteiger partial charge in [0.1, 0.15) is 0 Å². The van der Waals surface area contributed by atoms with Crippen molar-refractivity contribution in [3.63, 3.8) is 0 Å². The van der Waals surface area contributed by atoms with Crippen molar-refractivity contribution >= 4 is 39.9 Å². The van der Waals surface area contributed by atoms with E-state index in [0.29, 0.717) is 6.54 Å². The average Bonchev–Trinajstić information content (AvgIpc) is 2.26. The van der Waals surface area contributed by atoms with Crippen LogP contribution in [0.3, 0.4) is 0 Å². The molecule has 17 heavy (non-hydrogen) atoms. The molecule has 1 rings (SSSR count). The zero-order valence-corrected chi connectivity index (χ0v) is 12.6. The van der Waals surface area contributed by atoms with E-state index in [4.69, 9.17) is 5.73 Å². The van der Waals surface area contributed by atoms with Crippen LogP contribution in [0.2, 0.25) is 0 Å². The predicted molar refractivity (Wildman–Crippen MR) is 80.2 cm³/mol. The smallest absolute Gasteiger partial charge is 0.241 e. The summed E-state index contributed by atoms with van der Waals surface area (Å²) in [4.78, 5) is 15.4. The Morgan fingerprint density at radius 2 is 2.06 bits per heavy atom. The molecule has 4 nitrogen and oxygen atoms in total. The minimum Gasteiger partial charge on any atom is -0.399 e. The first-order valence-electron chi connectivity index (χ1n) is 5.45. The summed E-state index contributed by atoms with van der Waals surface area (Å²) in [6.07, 6.45) is 0. The fourth-order valence-electron chi connectivity index (χ4n) is 1.45. The monoisotopic (exact) mass is 347 g/mol. The van der Waals surface area contributed by atoms with Crippen LogP contribution in [0, 0.1) is 3.57 Å². The Hall–Kier alpha value is -0.980. The lowest BCUT2D eigenvalue weighted by Crippen LogP contribution is -2.36. The molecule has 0 atom stereocenters. The summed E-state index contributed by atoms with van der Waals surface area (Å²) in [5.41, 5.74) is 7.52. The first kappa shape index (κ1) is 14.1. The molecule has 1 amide bonds. The number of amides is 1. The van der Waals surface area contributed by atoms with Gasteiger partial charge in [-0.15, -0.1) is 0 Å². The van der Waals surface area contributed by atoms with Crippen LogP contribution in [0.5, 0.6) is 0 Å². The van der Waals surface area contributed by atoms with Gasteiger partial charge in [0, 0.05) is 29.9 Å². The average molecular weight is 347 g/mol. The minimum absolute atomic E-state index is 0.0967. The second-order valence-corrected chi connectivity index (χ2v) is 5.18. The molecule has 2 N–H and O–H groups in total. The van der Waals surface area contributed by atoms with Crippen LogP contribution in [0.15, 0.2) is 18.2 Å². The SMILES string of the molecule is CCN(CC(=O)N(C)C)c1ccc(N)cc1I. The maximum atomic E-state index is 11.7. The molecule has 1 aromatic rings. The minimum atomic E-state index is 0.0967. The number of nitrogen functional groups attached to an aromatic ring is 1. The summed E-state index contributed by atoms with van der Waals surface area (Å²) < 4.78 is 1.07. The third kappa shape index (κ3) is 3.76. The largest absolute Gasteiger partial charge is 0.399 e. The van der Waals surface area contributed by atoms with Gasteiger partial charge in [0.05, 0.1) is 12.2 Å². The molecular weight excluding hydrogens is 329 g/mol. The molecule has 0 spiro atoms. The van der Waals surface area contributed by atoms with E-state index in [2.05, 4.69) is 22.6 Å². The predicted octanol–water partition coefficient (Wildman–Crippen LogP) is 1.79. The molecule has 0 aromatic heterocycles. The number of anilines is 2. The Morgan fingerprint density at radius 3 is 2.53 bits per heavy atom. The van der Waals surface area contributed by atoms with Crippen molar-refractivity contribution in [3.05, 3.63) is 21.8 Å². The van der Waals surface area contributed by atoms with E-state index in [0.717, 1.165) is 21.5 Å². The van der Waals surface area contributed by atoms with Crippen molar-refractivity contribution in [1.82, 2.24) is 4.90 Å². The van der Waals surface area contributed by atoms with Gasteiger partial charge in [-0.1, -0.05) is 0 Å². The van der Waals surface area contributed by atoms with E-state index in [9.17, 15) is 4.79 Å². The van der Waals surface area contributed by atoms with E-state index in [-0.39, 0.29) is 5.91 Å². The number of hydrogen-bond donors (Lipinski definition) is 1. The number of halogens is 1. The van der Waals surface area contributed by atoms with Crippen molar-refractivity contribution in [3.8, 4) is 0 Å². The molecule has 0 radical (unpaired) electrons. The summed E-state index contributed by atoms with van der Waals surface area (Å²) in [6.45, 7) is 3.22. The molecule has 94 valence electrons.